The lowest BCUT2D eigenvalue weighted by atomic mass is 9.89. The summed E-state index contributed by atoms with van der Waals surface area (Å²) in [6, 6.07) is 99.5. The molecule has 4 aromatic heterocycles. The van der Waals surface area contributed by atoms with Crippen molar-refractivity contribution < 1.29 is 4.42 Å². The molecule has 0 aliphatic heterocycles. The molecule has 354 valence electrons. The van der Waals surface area contributed by atoms with Crippen molar-refractivity contribution in [2.75, 3.05) is 0 Å². The molecule has 0 spiro atoms. The zero-order valence-electron chi connectivity index (χ0n) is 41.2. The second kappa shape index (κ2) is 16.7. The van der Waals surface area contributed by atoms with E-state index < -0.39 is 0 Å². The average molecular weight is 968 g/mol. The van der Waals surface area contributed by atoms with Crippen molar-refractivity contribution in [3.8, 4) is 61.6 Å². The summed E-state index contributed by atoms with van der Waals surface area (Å²) in [5.41, 5.74) is 21.0. The van der Waals surface area contributed by atoms with Gasteiger partial charge in [-0.15, -0.1) is 0 Å². The SMILES string of the molecule is c1ccc(-c2cc(-c3cc(-c4ccccc4)c(-n4c5ccccc5c5c4ccc4c6ccc7c(c8ccccc8n7-c7ccccc7)c6n(-c6ccccc6)c45)c(-c4ccccc4)c3)c3oc4ccccc4c3c2)cc1. The Labute approximate surface area is 437 Å². The Morgan fingerprint density at radius 2 is 0.684 bits per heavy atom. The Balaban J connectivity index is 1.06. The fourth-order valence-electron chi connectivity index (χ4n) is 12.6. The van der Waals surface area contributed by atoms with Gasteiger partial charge in [-0.3, -0.25) is 0 Å². The Hall–Kier alpha value is -10.2. The van der Waals surface area contributed by atoms with Crippen molar-refractivity contribution >= 4 is 87.4 Å². The number of fused-ring (bicyclic) bond motifs is 14. The van der Waals surface area contributed by atoms with Crippen LogP contribution < -0.4 is 0 Å². The molecule has 0 bridgehead atoms. The van der Waals surface area contributed by atoms with Crippen LogP contribution >= 0.6 is 0 Å². The Morgan fingerprint density at radius 3 is 1.25 bits per heavy atom. The molecule has 0 radical (unpaired) electrons. The summed E-state index contributed by atoms with van der Waals surface area (Å²) in [7, 11) is 0. The molecule has 0 aliphatic rings. The molecule has 0 saturated carbocycles. The lowest BCUT2D eigenvalue weighted by molar-refractivity contribution is 0.670. The van der Waals surface area contributed by atoms with E-state index in [1.165, 1.54) is 54.4 Å². The monoisotopic (exact) mass is 967 g/mol. The standard InChI is InChI=1S/C72H45N3O/c1-6-22-46(23-7-1)49-42-60(72-61(43-49)53-32-18-21-37-66(53)76-72)50-44-58(47-24-8-2-9-25-47)69(59(45-50)48-26-10-3-11-27-48)75-63-36-20-17-34-57(63)68-65(75)41-39-55-54-38-40-64-67(70(54)74(71(55)68)52-30-14-5-15-31-52)56-33-16-19-35-62(56)73(64)51-28-12-4-13-29-51/h1-45H. The Morgan fingerprint density at radius 1 is 0.250 bits per heavy atom. The van der Waals surface area contributed by atoms with Gasteiger partial charge in [0, 0.05) is 71.2 Å². The summed E-state index contributed by atoms with van der Waals surface area (Å²) in [5, 5.41) is 9.48. The van der Waals surface area contributed by atoms with E-state index in [0.29, 0.717) is 0 Å². The minimum atomic E-state index is 0.874. The van der Waals surface area contributed by atoms with E-state index in [4.69, 9.17) is 4.42 Å². The van der Waals surface area contributed by atoms with Crippen molar-refractivity contribution in [3.63, 3.8) is 0 Å². The van der Waals surface area contributed by atoms with Crippen molar-refractivity contribution in [2.24, 2.45) is 0 Å². The van der Waals surface area contributed by atoms with E-state index in [-0.39, 0.29) is 0 Å². The van der Waals surface area contributed by atoms with Crippen LogP contribution in [0.3, 0.4) is 0 Å². The maximum atomic E-state index is 6.92. The zero-order chi connectivity index (χ0) is 49.8. The maximum Gasteiger partial charge on any atom is 0.143 e. The van der Waals surface area contributed by atoms with E-state index in [0.717, 1.165) is 94.5 Å². The normalized spacial score (nSPS) is 11.9. The number of hydrogen-bond acceptors (Lipinski definition) is 1. The third-order valence-corrected chi connectivity index (χ3v) is 15.8. The number of rotatable bonds is 7. The van der Waals surface area contributed by atoms with Crippen LogP contribution in [-0.2, 0) is 0 Å². The third kappa shape index (κ3) is 6.25. The first-order valence-corrected chi connectivity index (χ1v) is 26.1. The molecule has 0 saturated heterocycles. The maximum absolute atomic E-state index is 6.92. The molecule has 12 aromatic carbocycles. The highest BCUT2D eigenvalue weighted by atomic mass is 16.3. The number of para-hydroxylation sites is 5. The van der Waals surface area contributed by atoms with Crippen molar-refractivity contribution in [1.82, 2.24) is 13.7 Å². The molecule has 0 amide bonds. The molecule has 0 fully saturated rings. The molecule has 0 atom stereocenters. The Bertz CT molecular complexity index is 4890. The average Bonchev–Trinajstić information content (AvgIpc) is 4.37. The van der Waals surface area contributed by atoms with Gasteiger partial charge in [0.25, 0.3) is 0 Å². The fraction of sp³-hybridized carbons (Fsp3) is 0. The molecule has 16 aromatic rings. The van der Waals surface area contributed by atoms with Gasteiger partial charge in [0.05, 0.1) is 38.8 Å². The third-order valence-electron chi connectivity index (χ3n) is 15.8. The van der Waals surface area contributed by atoms with Gasteiger partial charge in [0.15, 0.2) is 0 Å². The summed E-state index contributed by atoms with van der Waals surface area (Å²) in [5.74, 6) is 0. The van der Waals surface area contributed by atoms with Gasteiger partial charge >= 0.3 is 0 Å². The predicted molar refractivity (Wildman–Crippen MR) is 318 cm³/mol. The molecule has 76 heavy (non-hydrogen) atoms. The first kappa shape index (κ1) is 42.4. The van der Waals surface area contributed by atoms with Crippen LogP contribution in [0.25, 0.3) is 149 Å². The van der Waals surface area contributed by atoms with Crippen LogP contribution in [0.15, 0.2) is 277 Å². The van der Waals surface area contributed by atoms with Gasteiger partial charge in [-0.2, -0.15) is 0 Å². The quantitative estimate of drug-likeness (QED) is 0.156. The predicted octanol–water partition coefficient (Wildman–Crippen LogP) is 19.5. The first-order chi connectivity index (χ1) is 37.7. The lowest BCUT2D eigenvalue weighted by Crippen LogP contribution is -2.02. The Kier molecular flexibility index (Phi) is 9.30. The highest BCUT2D eigenvalue weighted by Gasteiger charge is 2.28. The van der Waals surface area contributed by atoms with Crippen molar-refractivity contribution in [2.45, 2.75) is 0 Å². The second-order valence-corrected chi connectivity index (χ2v) is 19.9. The minimum absolute atomic E-state index is 0.874. The van der Waals surface area contributed by atoms with E-state index in [1.54, 1.807) is 0 Å². The van der Waals surface area contributed by atoms with Crippen LogP contribution in [-0.4, -0.2) is 13.7 Å². The van der Waals surface area contributed by atoms with E-state index >= 15 is 0 Å². The number of furan rings is 1. The van der Waals surface area contributed by atoms with Crippen LogP contribution in [0.4, 0.5) is 0 Å². The first-order valence-electron chi connectivity index (χ1n) is 26.1. The number of benzene rings is 12. The molecular weight excluding hydrogens is 923 g/mol. The van der Waals surface area contributed by atoms with Gasteiger partial charge in [-0.05, 0) is 107 Å². The minimum Gasteiger partial charge on any atom is -0.455 e. The van der Waals surface area contributed by atoms with Crippen molar-refractivity contribution in [1.29, 1.82) is 0 Å². The molecule has 4 nitrogen and oxygen atoms in total. The van der Waals surface area contributed by atoms with Crippen LogP contribution in [0, 0.1) is 0 Å². The van der Waals surface area contributed by atoms with Gasteiger partial charge < -0.3 is 18.1 Å². The highest BCUT2D eigenvalue weighted by Crippen LogP contribution is 2.50. The molecule has 4 heterocycles. The highest BCUT2D eigenvalue weighted by molar-refractivity contribution is 6.32. The molecule has 0 N–H and O–H groups in total. The van der Waals surface area contributed by atoms with Crippen molar-refractivity contribution in [3.05, 3.63) is 273 Å². The van der Waals surface area contributed by atoms with Gasteiger partial charge in [-0.1, -0.05) is 194 Å². The second-order valence-electron chi connectivity index (χ2n) is 19.9. The van der Waals surface area contributed by atoms with Gasteiger partial charge in [-0.25, -0.2) is 0 Å². The lowest BCUT2D eigenvalue weighted by Gasteiger charge is -2.21. The summed E-state index contributed by atoms with van der Waals surface area (Å²) in [6.45, 7) is 0. The van der Waals surface area contributed by atoms with Crippen LogP contribution in [0.1, 0.15) is 0 Å². The van der Waals surface area contributed by atoms with E-state index in [2.05, 4.69) is 287 Å². The van der Waals surface area contributed by atoms with E-state index in [9.17, 15) is 0 Å². The fourth-order valence-corrected chi connectivity index (χ4v) is 12.6. The van der Waals surface area contributed by atoms with E-state index in [1.807, 2.05) is 0 Å². The number of hydrogen-bond donors (Lipinski definition) is 0. The van der Waals surface area contributed by atoms with Crippen LogP contribution in [0.2, 0.25) is 0 Å². The molecule has 16 rings (SSSR count). The summed E-state index contributed by atoms with van der Waals surface area (Å²) in [6.07, 6.45) is 0. The molecule has 0 aliphatic carbocycles. The zero-order valence-corrected chi connectivity index (χ0v) is 41.2. The van der Waals surface area contributed by atoms with Crippen LogP contribution in [0.5, 0.6) is 0 Å². The largest absolute Gasteiger partial charge is 0.455 e. The molecule has 0 unspecified atom stereocenters. The molecular formula is C72H45N3O. The summed E-state index contributed by atoms with van der Waals surface area (Å²) >= 11 is 0. The van der Waals surface area contributed by atoms with Gasteiger partial charge in [0.2, 0.25) is 0 Å². The topological polar surface area (TPSA) is 27.9 Å². The number of nitrogens with zero attached hydrogens (tertiary/aromatic N) is 3. The summed E-state index contributed by atoms with van der Waals surface area (Å²) in [4.78, 5) is 0. The summed E-state index contributed by atoms with van der Waals surface area (Å²) < 4.78 is 14.5. The molecule has 4 heteroatoms. The van der Waals surface area contributed by atoms with Gasteiger partial charge in [0.1, 0.15) is 11.2 Å². The smallest absolute Gasteiger partial charge is 0.143 e. The number of aromatic nitrogens is 3.